The molecule has 0 saturated carbocycles. The maximum absolute atomic E-state index is 12.6. The van der Waals surface area contributed by atoms with Crippen LogP contribution in [0.15, 0.2) is 42.9 Å². The molecular formula is C19H16ClN5O2S. The molecule has 1 N–H and O–H groups in total. The molecule has 1 aromatic carbocycles. The van der Waals surface area contributed by atoms with Gasteiger partial charge in [0.05, 0.1) is 24.9 Å². The smallest absolute Gasteiger partial charge is 0.277 e. The number of amides is 2. The van der Waals surface area contributed by atoms with Crippen molar-refractivity contribution in [2.45, 2.75) is 19.4 Å². The average Bonchev–Trinajstić information content (AvgIpc) is 3.11. The van der Waals surface area contributed by atoms with E-state index in [0.717, 1.165) is 16.1 Å². The largest absolute Gasteiger partial charge is 0.337 e. The van der Waals surface area contributed by atoms with Crippen molar-refractivity contribution in [1.82, 2.24) is 19.9 Å². The molecule has 0 saturated heterocycles. The van der Waals surface area contributed by atoms with Crippen LogP contribution in [-0.4, -0.2) is 38.2 Å². The summed E-state index contributed by atoms with van der Waals surface area (Å²) in [5, 5.41) is 3.91. The molecule has 0 radical (unpaired) electrons. The van der Waals surface area contributed by atoms with Gasteiger partial charge in [0, 0.05) is 35.3 Å². The Morgan fingerprint density at radius 2 is 2.04 bits per heavy atom. The van der Waals surface area contributed by atoms with Gasteiger partial charge in [0.2, 0.25) is 5.91 Å². The lowest BCUT2D eigenvalue weighted by atomic mass is 10.1. The van der Waals surface area contributed by atoms with Gasteiger partial charge in [0.25, 0.3) is 5.91 Å². The van der Waals surface area contributed by atoms with E-state index >= 15 is 0 Å². The molecule has 0 fully saturated rings. The van der Waals surface area contributed by atoms with Crippen LogP contribution < -0.4 is 5.32 Å². The third-order valence-corrected chi connectivity index (χ3v) is 5.62. The summed E-state index contributed by atoms with van der Waals surface area (Å²) in [7, 11) is 0. The Balaban J connectivity index is 1.40. The zero-order valence-electron chi connectivity index (χ0n) is 14.8. The van der Waals surface area contributed by atoms with E-state index in [1.165, 1.54) is 29.9 Å². The third kappa shape index (κ3) is 4.18. The molecule has 0 bridgehead atoms. The molecule has 7 nitrogen and oxygen atoms in total. The van der Waals surface area contributed by atoms with E-state index in [2.05, 4.69) is 20.3 Å². The van der Waals surface area contributed by atoms with Gasteiger partial charge in [-0.25, -0.2) is 9.97 Å². The third-order valence-electron chi connectivity index (χ3n) is 4.37. The standard InChI is InChI=1S/C19H16ClN5O2S/c20-13-3-1-12(2-4-13)9-17(26)25-8-5-14-16(11-25)28-19(23-14)24-18(27)15-10-21-6-7-22-15/h1-4,6-7,10H,5,8-9,11H2,(H,23,24,27). The number of rotatable bonds is 4. The van der Waals surface area contributed by atoms with Crippen molar-refractivity contribution in [2.75, 3.05) is 11.9 Å². The maximum atomic E-state index is 12.6. The molecule has 0 aliphatic carbocycles. The predicted molar refractivity (Wildman–Crippen MR) is 106 cm³/mol. The van der Waals surface area contributed by atoms with Crippen molar-refractivity contribution >= 4 is 39.9 Å². The molecule has 0 spiro atoms. The van der Waals surface area contributed by atoms with Gasteiger partial charge in [-0.1, -0.05) is 35.1 Å². The van der Waals surface area contributed by atoms with Crippen molar-refractivity contribution in [2.24, 2.45) is 0 Å². The van der Waals surface area contributed by atoms with Crippen LogP contribution in [0.2, 0.25) is 5.02 Å². The van der Waals surface area contributed by atoms with Gasteiger partial charge in [-0.3, -0.25) is 19.9 Å². The highest BCUT2D eigenvalue weighted by Crippen LogP contribution is 2.29. The van der Waals surface area contributed by atoms with Gasteiger partial charge in [-0.05, 0) is 17.7 Å². The van der Waals surface area contributed by atoms with E-state index < -0.39 is 0 Å². The number of aromatic nitrogens is 3. The van der Waals surface area contributed by atoms with E-state index in [0.29, 0.717) is 36.1 Å². The van der Waals surface area contributed by atoms with Crippen LogP contribution in [0.4, 0.5) is 5.13 Å². The quantitative estimate of drug-likeness (QED) is 0.710. The van der Waals surface area contributed by atoms with Crippen molar-refractivity contribution in [3.05, 3.63) is 69.7 Å². The summed E-state index contributed by atoms with van der Waals surface area (Å²) in [6.07, 6.45) is 5.38. The summed E-state index contributed by atoms with van der Waals surface area (Å²) in [6.45, 7) is 1.11. The van der Waals surface area contributed by atoms with Crippen molar-refractivity contribution in [1.29, 1.82) is 0 Å². The molecule has 3 heterocycles. The maximum Gasteiger partial charge on any atom is 0.277 e. The summed E-state index contributed by atoms with van der Waals surface area (Å²) in [5.41, 5.74) is 2.09. The summed E-state index contributed by atoms with van der Waals surface area (Å²) in [6, 6.07) is 7.30. The lowest BCUT2D eigenvalue weighted by Crippen LogP contribution is -2.36. The minimum absolute atomic E-state index is 0.0616. The zero-order valence-corrected chi connectivity index (χ0v) is 16.3. The van der Waals surface area contributed by atoms with Gasteiger partial charge in [0.1, 0.15) is 5.69 Å². The van der Waals surface area contributed by atoms with E-state index in [-0.39, 0.29) is 17.5 Å². The average molecular weight is 414 g/mol. The second kappa shape index (κ2) is 8.04. The fourth-order valence-corrected chi connectivity index (χ4v) is 4.07. The fourth-order valence-electron chi connectivity index (χ4n) is 2.93. The molecule has 1 aliphatic rings. The second-order valence-electron chi connectivity index (χ2n) is 6.30. The number of nitrogens with zero attached hydrogens (tertiary/aromatic N) is 4. The van der Waals surface area contributed by atoms with Crippen LogP contribution >= 0.6 is 22.9 Å². The summed E-state index contributed by atoms with van der Waals surface area (Å²) in [5.74, 6) is -0.290. The normalized spacial score (nSPS) is 13.1. The van der Waals surface area contributed by atoms with Crippen LogP contribution in [0.5, 0.6) is 0 Å². The molecule has 9 heteroatoms. The van der Waals surface area contributed by atoms with E-state index in [1.807, 2.05) is 17.0 Å². The number of carbonyl (C=O) groups is 2. The summed E-state index contributed by atoms with van der Waals surface area (Å²) >= 11 is 7.28. The van der Waals surface area contributed by atoms with E-state index in [4.69, 9.17) is 11.6 Å². The van der Waals surface area contributed by atoms with Crippen molar-refractivity contribution in [3.8, 4) is 0 Å². The Hall–Kier alpha value is -2.84. The second-order valence-corrected chi connectivity index (χ2v) is 7.82. The Kier molecular flexibility index (Phi) is 5.31. The summed E-state index contributed by atoms with van der Waals surface area (Å²) < 4.78 is 0. The number of fused-ring (bicyclic) bond motifs is 1. The minimum Gasteiger partial charge on any atom is -0.337 e. The van der Waals surface area contributed by atoms with Gasteiger partial charge in [0.15, 0.2) is 5.13 Å². The van der Waals surface area contributed by atoms with Gasteiger partial charge >= 0.3 is 0 Å². The number of nitrogens with one attached hydrogen (secondary N) is 1. The Morgan fingerprint density at radius 3 is 2.79 bits per heavy atom. The van der Waals surface area contributed by atoms with Crippen molar-refractivity contribution in [3.63, 3.8) is 0 Å². The summed E-state index contributed by atoms with van der Waals surface area (Å²) in [4.78, 5) is 40.0. The van der Waals surface area contributed by atoms with Crippen molar-refractivity contribution < 1.29 is 9.59 Å². The predicted octanol–water partition coefficient (Wildman–Crippen LogP) is 2.97. The molecule has 3 aromatic rings. The molecule has 2 aromatic heterocycles. The topological polar surface area (TPSA) is 88.1 Å². The number of benzene rings is 1. The zero-order chi connectivity index (χ0) is 19.5. The molecule has 4 rings (SSSR count). The molecule has 0 unspecified atom stereocenters. The number of thiazole rings is 1. The van der Waals surface area contributed by atoms with Crippen LogP contribution in [0, 0.1) is 0 Å². The minimum atomic E-state index is -0.352. The highest BCUT2D eigenvalue weighted by atomic mass is 35.5. The number of carbonyl (C=O) groups excluding carboxylic acids is 2. The Morgan fingerprint density at radius 1 is 1.21 bits per heavy atom. The van der Waals surface area contributed by atoms with E-state index in [1.54, 1.807) is 12.1 Å². The van der Waals surface area contributed by atoms with Gasteiger partial charge in [-0.2, -0.15) is 0 Å². The Labute approximate surface area is 170 Å². The highest BCUT2D eigenvalue weighted by Gasteiger charge is 2.25. The van der Waals surface area contributed by atoms with Crippen LogP contribution in [-0.2, 0) is 24.2 Å². The fraction of sp³-hybridized carbons (Fsp3) is 0.211. The number of halogens is 1. The van der Waals surface area contributed by atoms with Crippen LogP contribution in [0.1, 0.15) is 26.6 Å². The first-order chi connectivity index (χ1) is 13.6. The number of hydrogen-bond donors (Lipinski definition) is 1. The Bertz CT molecular complexity index is 1010. The van der Waals surface area contributed by atoms with Gasteiger partial charge in [-0.15, -0.1) is 0 Å². The highest BCUT2D eigenvalue weighted by molar-refractivity contribution is 7.15. The molecule has 2 amide bonds. The lowest BCUT2D eigenvalue weighted by molar-refractivity contribution is -0.131. The lowest BCUT2D eigenvalue weighted by Gasteiger charge is -2.26. The molecule has 1 aliphatic heterocycles. The first kappa shape index (κ1) is 18.5. The monoisotopic (exact) mass is 413 g/mol. The molecule has 0 atom stereocenters. The SMILES string of the molecule is O=C(Nc1nc2c(s1)CN(C(=O)Cc1ccc(Cl)cc1)CC2)c1cnccn1. The van der Waals surface area contributed by atoms with E-state index in [9.17, 15) is 9.59 Å². The van der Waals surface area contributed by atoms with Crippen LogP contribution in [0.3, 0.4) is 0 Å². The number of hydrogen-bond acceptors (Lipinski definition) is 6. The van der Waals surface area contributed by atoms with Crippen LogP contribution in [0.25, 0.3) is 0 Å². The molecular weight excluding hydrogens is 398 g/mol. The first-order valence-electron chi connectivity index (χ1n) is 8.66. The molecule has 142 valence electrons. The number of anilines is 1. The molecule has 28 heavy (non-hydrogen) atoms. The van der Waals surface area contributed by atoms with Gasteiger partial charge < -0.3 is 4.90 Å². The first-order valence-corrected chi connectivity index (χ1v) is 9.86.